The van der Waals surface area contributed by atoms with Gasteiger partial charge in [-0.05, 0) is 36.7 Å². The van der Waals surface area contributed by atoms with Gasteiger partial charge in [0.15, 0.2) is 0 Å². The maximum absolute atomic E-state index is 11.9. The van der Waals surface area contributed by atoms with Crippen molar-refractivity contribution in [3.05, 3.63) is 0 Å². The lowest BCUT2D eigenvalue weighted by atomic mass is 9.79. The molecule has 0 spiro atoms. The first kappa shape index (κ1) is 17.8. The van der Waals surface area contributed by atoms with Gasteiger partial charge in [-0.15, -0.1) is 0 Å². The minimum absolute atomic E-state index is 0.00420. The Labute approximate surface area is 129 Å². The minimum atomic E-state index is -0.883. The van der Waals surface area contributed by atoms with Gasteiger partial charge in [0.2, 0.25) is 5.91 Å². The summed E-state index contributed by atoms with van der Waals surface area (Å²) < 4.78 is 0. The summed E-state index contributed by atoms with van der Waals surface area (Å²) in [4.78, 5) is 34.4. The van der Waals surface area contributed by atoms with Crippen molar-refractivity contribution in [3.8, 4) is 0 Å². The standard InChI is InChI=1S/C14H24N2O4S/c1-21-8-4-7-15-13(20)16-11(17)9-14(10-12(18)19)5-2-3-6-14/h2-10H2,1H3,(H,18,19)(H2,15,16,17,20). The van der Waals surface area contributed by atoms with Crippen LogP contribution in [0.5, 0.6) is 0 Å². The summed E-state index contributed by atoms with van der Waals surface area (Å²) in [5, 5.41) is 13.9. The maximum atomic E-state index is 11.9. The highest BCUT2D eigenvalue weighted by atomic mass is 32.2. The van der Waals surface area contributed by atoms with Crippen molar-refractivity contribution in [1.29, 1.82) is 0 Å². The molecule has 3 N–H and O–H groups in total. The molecule has 0 aromatic heterocycles. The Morgan fingerprint density at radius 2 is 1.86 bits per heavy atom. The van der Waals surface area contributed by atoms with Gasteiger partial charge in [-0.2, -0.15) is 11.8 Å². The van der Waals surface area contributed by atoms with Gasteiger partial charge in [-0.25, -0.2) is 4.79 Å². The van der Waals surface area contributed by atoms with E-state index < -0.39 is 17.4 Å². The molecular formula is C14H24N2O4S. The van der Waals surface area contributed by atoms with Crippen LogP contribution in [0.3, 0.4) is 0 Å². The van der Waals surface area contributed by atoms with Crippen LogP contribution in [-0.2, 0) is 9.59 Å². The van der Waals surface area contributed by atoms with E-state index in [1.165, 1.54) is 0 Å². The van der Waals surface area contributed by atoms with Crippen molar-refractivity contribution in [2.45, 2.75) is 44.9 Å². The molecule has 0 bridgehead atoms. The van der Waals surface area contributed by atoms with E-state index >= 15 is 0 Å². The molecule has 3 amide bonds. The number of hydrogen-bond acceptors (Lipinski definition) is 4. The first-order valence-corrected chi connectivity index (χ1v) is 8.65. The molecule has 1 aliphatic rings. The van der Waals surface area contributed by atoms with Crippen LogP contribution in [0, 0.1) is 5.41 Å². The summed E-state index contributed by atoms with van der Waals surface area (Å²) in [5.41, 5.74) is -0.477. The first-order chi connectivity index (χ1) is 9.97. The number of carbonyl (C=O) groups is 3. The molecule has 0 aliphatic heterocycles. The van der Waals surface area contributed by atoms with E-state index in [0.29, 0.717) is 6.54 Å². The number of hydrogen-bond donors (Lipinski definition) is 3. The van der Waals surface area contributed by atoms with E-state index in [1.54, 1.807) is 11.8 Å². The number of thioether (sulfide) groups is 1. The molecule has 1 rings (SSSR count). The van der Waals surface area contributed by atoms with Gasteiger partial charge in [0.05, 0.1) is 6.42 Å². The normalized spacial score (nSPS) is 16.4. The zero-order chi connectivity index (χ0) is 15.7. The van der Waals surface area contributed by atoms with Gasteiger partial charge in [-0.1, -0.05) is 12.8 Å². The minimum Gasteiger partial charge on any atom is -0.481 e. The third-order valence-corrected chi connectivity index (χ3v) is 4.49. The Bertz CT molecular complexity index is 381. The first-order valence-electron chi connectivity index (χ1n) is 7.26. The molecule has 1 fully saturated rings. The molecule has 21 heavy (non-hydrogen) atoms. The van der Waals surface area contributed by atoms with Crippen LogP contribution in [0.2, 0.25) is 0 Å². The summed E-state index contributed by atoms with van der Waals surface area (Å²) in [7, 11) is 0. The zero-order valence-corrected chi connectivity index (χ0v) is 13.3. The summed E-state index contributed by atoms with van der Waals surface area (Å²) in [6.45, 7) is 0.528. The number of rotatable bonds is 8. The molecule has 0 aromatic carbocycles. The summed E-state index contributed by atoms with van der Waals surface area (Å²) in [5.74, 6) is -0.317. The van der Waals surface area contributed by atoms with Gasteiger partial charge in [0, 0.05) is 13.0 Å². The highest BCUT2D eigenvalue weighted by Crippen LogP contribution is 2.43. The van der Waals surface area contributed by atoms with Crippen molar-refractivity contribution in [2.24, 2.45) is 5.41 Å². The smallest absolute Gasteiger partial charge is 0.321 e. The van der Waals surface area contributed by atoms with Gasteiger partial charge < -0.3 is 10.4 Å². The third kappa shape index (κ3) is 6.84. The van der Waals surface area contributed by atoms with Gasteiger partial charge >= 0.3 is 12.0 Å². The maximum Gasteiger partial charge on any atom is 0.321 e. The van der Waals surface area contributed by atoms with E-state index in [9.17, 15) is 14.4 Å². The van der Waals surface area contributed by atoms with E-state index in [0.717, 1.165) is 37.9 Å². The Morgan fingerprint density at radius 1 is 1.19 bits per heavy atom. The predicted molar refractivity (Wildman–Crippen MR) is 82.3 cm³/mol. The van der Waals surface area contributed by atoms with Gasteiger partial charge in [0.25, 0.3) is 0 Å². The number of nitrogens with one attached hydrogen (secondary N) is 2. The second-order valence-electron chi connectivity index (χ2n) is 5.60. The Kier molecular flexibility index (Phi) is 7.56. The van der Waals surface area contributed by atoms with Crippen molar-refractivity contribution in [2.75, 3.05) is 18.6 Å². The number of carbonyl (C=O) groups excluding carboxylic acids is 2. The van der Waals surface area contributed by atoms with E-state index in [4.69, 9.17) is 5.11 Å². The molecule has 6 nitrogen and oxygen atoms in total. The fraction of sp³-hybridized carbons (Fsp3) is 0.786. The van der Waals surface area contributed by atoms with Crippen LogP contribution >= 0.6 is 11.8 Å². The van der Waals surface area contributed by atoms with E-state index in [-0.39, 0.29) is 18.7 Å². The molecular weight excluding hydrogens is 292 g/mol. The van der Waals surface area contributed by atoms with Crippen LogP contribution < -0.4 is 10.6 Å². The Morgan fingerprint density at radius 3 is 2.43 bits per heavy atom. The van der Waals surface area contributed by atoms with E-state index in [1.807, 2.05) is 6.26 Å². The number of amides is 3. The lowest BCUT2D eigenvalue weighted by molar-refractivity contribution is -0.140. The fourth-order valence-electron chi connectivity index (χ4n) is 2.84. The monoisotopic (exact) mass is 316 g/mol. The lowest BCUT2D eigenvalue weighted by Crippen LogP contribution is -2.42. The topological polar surface area (TPSA) is 95.5 Å². The number of carboxylic acids is 1. The van der Waals surface area contributed by atoms with Crippen molar-refractivity contribution < 1.29 is 19.5 Å². The molecule has 1 aliphatic carbocycles. The Hall–Kier alpha value is -1.24. The molecule has 1 saturated carbocycles. The molecule has 0 aromatic rings. The molecule has 0 atom stereocenters. The van der Waals surface area contributed by atoms with Crippen molar-refractivity contribution >= 4 is 29.7 Å². The summed E-state index contributed by atoms with van der Waals surface area (Å²) >= 11 is 1.70. The second kappa shape index (κ2) is 8.92. The average molecular weight is 316 g/mol. The highest BCUT2D eigenvalue weighted by molar-refractivity contribution is 7.98. The number of aliphatic carboxylic acids is 1. The quantitative estimate of drug-likeness (QED) is 0.595. The Balaban J connectivity index is 2.36. The zero-order valence-electron chi connectivity index (χ0n) is 12.4. The number of imide groups is 1. The summed E-state index contributed by atoms with van der Waals surface area (Å²) in [6, 6.07) is -0.496. The molecule has 7 heteroatoms. The lowest BCUT2D eigenvalue weighted by Gasteiger charge is -2.26. The largest absolute Gasteiger partial charge is 0.481 e. The van der Waals surface area contributed by atoms with Crippen LogP contribution in [0.25, 0.3) is 0 Å². The number of urea groups is 1. The SMILES string of the molecule is CSCCCNC(=O)NC(=O)CC1(CC(=O)O)CCCC1. The van der Waals surface area contributed by atoms with Crippen molar-refractivity contribution in [3.63, 3.8) is 0 Å². The second-order valence-corrected chi connectivity index (χ2v) is 6.59. The molecule has 0 heterocycles. The fourth-order valence-corrected chi connectivity index (χ4v) is 3.27. The van der Waals surface area contributed by atoms with Gasteiger partial charge in [-0.3, -0.25) is 14.9 Å². The predicted octanol–water partition coefficient (Wildman–Crippen LogP) is 1.99. The van der Waals surface area contributed by atoms with Gasteiger partial charge in [0.1, 0.15) is 0 Å². The van der Waals surface area contributed by atoms with E-state index in [2.05, 4.69) is 10.6 Å². The molecule has 0 saturated heterocycles. The molecule has 120 valence electrons. The van der Waals surface area contributed by atoms with Crippen LogP contribution in [-0.4, -0.2) is 41.6 Å². The molecule has 0 unspecified atom stereocenters. The third-order valence-electron chi connectivity index (χ3n) is 3.79. The highest BCUT2D eigenvalue weighted by Gasteiger charge is 2.38. The van der Waals surface area contributed by atoms with Crippen LogP contribution in [0.4, 0.5) is 4.79 Å². The summed E-state index contributed by atoms with van der Waals surface area (Å²) in [6.07, 6.45) is 6.32. The van der Waals surface area contributed by atoms with Crippen LogP contribution in [0.1, 0.15) is 44.9 Å². The van der Waals surface area contributed by atoms with Crippen molar-refractivity contribution in [1.82, 2.24) is 10.6 Å². The number of carboxylic acid groups (broad SMARTS) is 1. The molecule has 0 radical (unpaired) electrons. The average Bonchev–Trinajstić information content (AvgIpc) is 2.81. The van der Waals surface area contributed by atoms with Crippen LogP contribution in [0.15, 0.2) is 0 Å².